The number of carbonyl (C=O) groups excluding carboxylic acids is 1. The third kappa shape index (κ3) is 3.17. The van der Waals surface area contributed by atoms with Gasteiger partial charge in [-0.15, -0.1) is 0 Å². The van der Waals surface area contributed by atoms with Gasteiger partial charge in [0, 0.05) is 36.0 Å². The Morgan fingerprint density at radius 2 is 2.28 bits per heavy atom. The molecule has 0 bridgehead atoms. The number of para-hydroxylation sites is 1. The first-order valence-corrected chi connectivity index (χ1v) is 8.62. The molecule has 1 aromatic carbocycles. The summed E-state index contributed by atoms with van der Waals surface area (Å²) in [6.45, 7) is 4.05. The molecule has 3 aromatic rings. The summed E-state index contributed by atoms with van der Waals surface area (Å²) in [5.41, 5.74) is 2.35. The van der Waals surface area contributed by atoms with E-state index in [0.717, 1.165) is 17.8 Å². The summed E-state index contributed by atoms with van der Waals surface area (Å²) < 4.78 is 7.55. The number of fused-ring (bicyclic) bond motifs is 1. The molecule has 130 valence electrons. The highest BCUT2D eigenvalue weighted by Gasteiger charge is 2.28. The molecular formula is C19H22N4O2. The number of aromatic nitrogens is 3. The molecule has 1 aliphatic heterocycles. The molecule has 0 radical (unpaired) electrons. The summed E-state index contributed by atoms with van der Waals surface area (Å²) in [6.07, 6.45) is 6.41. The molecule has 4 rings (SSSR count). The van der Waals surface area contributed by atoms with Gasteiger partial charge >= 0.3 is 0 Å². The van der Waals surface area contributed by atoms with Gasteiger partial charge in [0.25, 0.3) is 0 Å². The van der Waals surface area contributed by atoms with Crippen molar-refractivity contribution >= 4 is 16.8 Å². The van der Waals surface area contributed by atoms with Crippen molar-refractivity contribution < 1.29 is 9.53 Å². The van der Waals surface area contributed by atoms with Gasteiger partial charge in [0.1, 0.15) is 12.4 Å². The van der Waals surface area contributed by atoms with E-state index in [1.807, 2.05) is 40.9 Å². The number of carbonyl (C=O) groups is 1. The third-order valence-corrected chi connectivity index (χ3v) is 4.91. The summed E-state index contributed by atoms with van der Waals surface area (Å²) in [7, 11) is 0. The first kappa shape index (κ1) is 15.9. The number of rotatable bonds is 4. The zero-order chi connectivity index (χ0) is 17.2. The average Bonchev–Trinajstić information content (AvgIpc) is 3.22. The van der Waals surface area contributed by atoms with Crippen molar-refractivity contribution in [1.29, 1.82) is 0 Å². The van der Waals surface area contributed by atoms with Crippen molar-refractivity contribution in [3.05, 3.63) is 54.2 Å². The van der Waals surface area contributed by atoms with Crippen molar-refractivity contribution in [2.75, 3.05) is 19.8 Å². The zero-order valence-electron chi connectivity index (χ0n) is 14.3. The maximum Gasteiger partial charge on any atom is 0.242 e. The highest BCUT2D eigenvalue weighted by Crippen LogP contribution is 2.22. The van der Waals surface area contributed by atoms with Crippen LogP contribution in [0.2, 0.25) is 0 Å². The van der Waals surface area contributed by atoms with Crippen LogP contribution in [0.15, 0.2) is 42.9 Å². The minimum absolute atomic E-state index is 0.0595. The van der Waals surface area contributed by atoms with Crippen LogP contribution in [-0.4, -0.2) is 51.1 Å². The monoisotopic (exact) mass is 338 g/mol. The van der Waals surface area contributed by atoms with E-state index in [9.17, 15) is 4.79 Å². The molecule has 1 fully saturated rings. The molecule has 3 heterocycles. The second-order valence-electron chi connectivity index (χ2n) is 6.48. The lowest BCUT2D eigenvalue weighted by Gasteiger charge is -2.36. The molecular weight excluding hydrogens is 316 g/mol. The second kappa shape index (κ2) is 6.72. The van der Waals surface area contributed by atoms with Crippen molar-refractivity contribution in [1.82, 2.24) is 19.4 Å². The third-order valence-electron chi connectivity index (χ3n) is 4.91. The fourth-order valence-electron chi connectivity index (χ4n) is 3.51. The number of hydrogen-bond donors (Lipinski definition) is 1. The maximum absolute atomic E-state index is 12.8. The average molecular weight is 338 g/mol. The molecule has 1 atom stereocenters. The lowest BCUT2D eigenvalue weighted by atomic mass is 10.0. The summed E-state index contributed by atoms with van der Waals surface area (Å²) >= 11 is 0. The van der Waals surface area contributed by atoms with E-state index in [1.54, 1.807) is 6.20 Å². The van der Waals surface area contributed by atoms with Gasteiger partial charge in [0.2, 0.25) is 5.91 Å². The largest absolute Gasteiger partial charge is 0.377 e. The SMILES string of the molecule is Cc1nccn1CC(=O)N1CCOCC1Cc1c[nH]c2ccccc12. The molecule has 1 saturated heterocycles. The van der Waals surface area contributed by atoms with Gasteiger partial charge in [-0.25, -0.2) is 4.98 Å². The van der Waals surface area contributed by atoms with Crippen LogP contribution < -0.4 is 0 Å². The van der Waals surface area contributed by atoms with Crippen LogP contribution in [0.1, 0.15) is 11.4 Å². The standard InChI is InChI=1S/C19H22N4O2/c1-14-20-6-7-22(14)12-19(24)23-8-9-25-13-16(23)10-15-11-21-18-5-3-2-4-17(15)18/h2-7,11,16,21H,8-10,12-13H2,1H3. The number of amides is 1. The second-order valence-corrected chi connectivity index (χ2v) is 6.48. The number of aromatic amines is 1. The van der Waals surface area contributed by atoms with E-state index in [0.29, 0.717) is 26.3 Å². The van der Waals surface area contributed by atoms with Crippen molar-refractivity contribution in [3.8, 4) is 0 Å². The van der Waals surface area contributed by atoms with E-state index >= 15 is 0 Å². The van der Waals surface area contributed by atoms with E-state index < -0.39 is 0 Å². The van der Waals surface area contributed by atoms with Crippen LogP contribution >= 0.6 is 0 Å². The lowest BCUT2D eigenvalue weighted by Crippen LogP contribution is -2.50. The topological polar surface area (TPSA) is 63.1 Å². The highest BCUT2D eigenvalue weighted by atomic mass is 16.5. The normalized spacial score (nSPS) is 18.0. The minimum Gasteiger partial charge on any atom is -0.377 e. The quantitative estimate of drug-likeness (QED) is 0.793. The summed E-state index contributed by atoms with van der Waals surface area (Å²) in [5, 5.41) is 1.21. The fourth-order valence-corrected chi connectivity index (χ4v) is 3.51. The number of H-pyrrole nitrogens is 1. The van der Waals surface area contributed by atoms with Crippen LogP contribution in [0.25, 0.3) is 10.9 Å². The predicted octanol–water partition coefficient (Wildman–Crippen LogP) is 2.14. The first-order valence-electron chi connectivity index (χ1n) is 8.62. The smallest absolute Gasteiger partial charge is 0.242 e. The molecule has 1 aliphatic rings. The van der Waals surface area contributed by atoms with Crippen LogP contribution in [0, 0.1) is 6.92 Å². The number of hydrogen-bond acceptors (Lipinski definition) is 3. The van der Waals surface area contributed by atoms with Crippen LogP contribution in [-0.2, 0) is 22.5 Å². The Morgan fingerprint density at radius 1 is 1.40 bits per heavy atom. The highest BCUT2D eigenvalue weighted by molar-refractivity contribution is 5.83. The van der Waals surface area contributed by atoms with E-state index in [2.05, 4.69) is 22.1 Å². The maximum atomic E-state index is 12.8. The number of imidazole rings is 1. The number of aryl methyl sites for hydroxylation is 1. The molecule has 1 unspecified atom stereocenters. The predicted molar refractivity (Wildman–Crippen MR) is 95.3 cm³/mol. The Labute approximate surface area is 146 Å². The van der Waals surface area contributed by atoms with Crippen molar-refractivity contribution in [2.45, 2.75) is 25.9 Å². The molecule has 6 heteroatoms. The number of nitrogens with zero attached hydrogens (tertiary/aromatic N) is 3. The first-order chi connectivity index (χ1) is 12.2. The molecule has 6 nitrogen and oxygen atoms in total. The molecule has 25 heavy (non-hydrogen) atoms. The Bertz CT molecular complexity index is 882. The summed E-state index contributed by atoms with van der Waals surface area (Å²) in [4.78, 5) is 22.3. The summed E-state index contributed by atoms with van der Waals surface area (Å²) in [6, 6.07) is 8.31. The Balaban J connectivity index is 1.52. The van der Waals surface area contributed by atoms with Crippen LogP contribution in [0.3, 0.4) is 0 Å². The van der Waals surface area contributed by atoms with Crippen molar-refractivity contribution in [2.24, 2.45) is 0 Å². The Morgan fingerprint density at radius 3 is 3.12 bits per heavy atom. The van der Waals surface area contributed by atoms with Crippen molar-refractivity contribution in [3.63, 3.8) is 0 Å². The van der Waals surface area contributed by atoms with Gasteiger partial charge in [-0.1, -0.05) is 18.2 Å². The van der Waals surface area contributed by atoms with Gasteiger partial charge in [-0.3, -0.25) is 4.79 Å². The molecule has 1 N–H and O–H groups in total. The molecule has 2 aromatic heterocycles. The zero-order valence-corrected chi connectivity index (χ0v) is 14.3. The van der Waals surface area contributed by atoms with Gasteiger partial charge in [-0.05, 0) is 25.0 Å². The van der Waals surface area contributed by atoms with E-state index in [-0.39, 0.29) is 11.9 Å². The van der Waals surface area contributed by atoms with Gasteiger partial charge < -0.3 is 19.2 Å². The number of morpholine rings is 1. The fraction of sp³-hybridized carbons (Fsp3) is 0.368. The number of benzene rings is 1. The van der Waals surface area contributed by atoms with Crippen LogP contribution in [0.4, 0.5) is 0 Å². The molecule has 1 amide bonds. The van der Waals surface area contributed by atoms with Gasteiger partial charge in [-0.2, -0.15) is 0 Å². The summed E-state index contributed by atoms with van der Waals surface area (Å²) in [5.74, 6) is 0.976. The minimum atomic E-state index is 0.0595. The molecule has 0 saturated carbocycles. The lowest BCUT2D eigenvalue weighted by molar-refractivity contribution is -0.140. The number of ether oxygens (including phenoxy) is 1. The van der Waals surface area contributed by atoms with Gasteiger partial charge in [0.05, 0.1) is 19.3 Å². The van der Waals surface area contributed by atoms with Gasteiger partial charge in [0.15, 0.2) is 0 Å². The van der Waals surface area contributed by atoms with E-state index in [4.69, 9.17) is 4.74 Å². The Kier molecular flexibility index (Phi) is 4.28. The Hall–Kier alpha value is -2.60. The van der Waals surface area contributed by atoms with Crippen LogP contribution in [0.5, 0.6) is 0 Å². The number of nitrogens with one attached hydrogen (secondary N) is 1. The molecule has 0 spiro atoms. The molecule has 0 aliphatic carbocycles. The van der Waals surface area contributed by atoms with E-state index in [1.165, 1.54) is 10.9 Å².